The molecule has 0 saturated heterocycles. The van der Waals surface area contributed by atoms with E-state index in [4.69, 9.17) is 5.11 Å². The minimum Gasteiger partial charge on any atom is -0.481 e. The van der Waals surface area contributed by atoms with Crippen molar-refractivity contribution in [1.29, 1.82) is 0 Å². The average molecular weight is 271 g/mol. The summed E-state index contributed by atoms with van der Waals surface area (Å²) < 4.78 is 0. The summed E-state index contributed by atoms with van der Waals surface area (Å²) in [6.07, 6.45) is 6.86. The Morgan fingerprint density at radius 1 is 1.11 bits per heavy atom. The third-order valence-corrected chi connectivity index (χ3v) is 4.23. The summed E-state index contributed by atoms with van der Waals surface area (Å²) in [4.78, 5) is 10.3. The van der Waals surface area contributed by atoms with E-state index < -0.39 is 11.6 Å². The van der Waals surface area contributed by atoms with E-state index in [9.17, 15) is 9.90 Å². The van der Waals surface area contributed by atoms with Crippen LogP contribution < -0.4 is 5.32 Å². The number of unbranched alkanes of at least 4 members (excludes halogenated alkanes) is 2. The second-order valence-corrected chi connectivity index (χ2v) is 6.77. The topological polar surface area (TPSA) is 69.6 Å². The van der Waals surface area contributed by atoms with E-state index >= 15 is 0 Å². The van der Waals surface area contributed by atoms with Gasteiger partial charge in [-0.1, -0.05) is 20.3 Å². The van der Waals surface area contributed by atoms with Crippen molar-refractivity contribution in [2.24, 2.45) is 5.41 Å². The number of aliphatic hydroxyl groups is 1. The lowest BCUT2D eigenvalue weighted by Crippen LogP contribution is -2.45. The van der Waals surface area contributed by atoms with Crippen molar-refractivity contribution in [3.63, 3.8) is 0 Å². The predicted molar refractivity (Wildman–Crippen MR) is 76.2 cm³/mol. The summed E-state index contributed by atoms with van der Waals surface area (Å²) in [5.41, 5.74) is -0.153. The van der Waals surface area contributed by atoms with Gasteiger partial charge < -0.3 is 15.5 Å². The Kier molecular flexibility index (Phi) is 6.27. The highest BCUT2D eigenvalue weighted by Gasteiger charge is 2.36. The molecule has 1 rings (SSSR count). The highest BCUT2D eigenvalue weighted by molar-refractivity contribution is 5.66. The van der Waals surface area contributed by atoms with Gasteiger partial charge in [0.05, 0.1) is 5.60 Å². The Morgan fingerprint density at radius 3 is 2.32 bits per heavy atom. The van der Waals surface area contributed by atoms with Gasteiger partial charge in [0.2, 0.25) is 0 Å². The molecule has 112 valence electrons. The van der Waals surface area contributed by atoms with Gasteiger partial charge in [0.1, 0.15) is 0 Å². The van der Waals surface area contributed by atoms with Crippen LogP contribution in [0.3, 0.4) is 0 Å². The third-order valence-electron chi connectivity index (χ3n) is 4.23. The molecule has 1 fully saturated rings. The maximum Gasteiger partial charge on any atom is 0.303 e. The van der Waals surface area contributed by atoms with Crippen LogP contribution in [0, 0.1) is 5.41 Å². The van der Waals surface area contributed by atoms with Gasteiger partial charge in [0.15, 0.2) is 0 Å². The van der Waals surface area contributed by atoms with Crippen molar-refractivity contribution >= 4 is 5.97 Å². The second kappa shape index (κ2) is 7.25. The molecule has 19 heavy (non-hydrogen) atoms. The van der Waals surface area contributed by atoms with Gasteiger partial charge in [0, 0.05) is 13.0 Å². The number of nitrogens with one attached hydrogen (secondary N) is 1. The summed E-state index contributed by atoms with van der Waals surface area (Å²) >= 11 is 0. The van der Waals surface area contributed by atoms with E-state index in [1.54, 1.807) is 0 Å². The molecule has 0 bridgehead atoms. The van der Waals surface area contributed by atoms with Crippen LogP contribution in [0.15, 0.2) is 0 Å². The van der Waals surface area contributed by atoms with E-state index in [0.29, 0.717) is 12.0 Å². The molecule has 0 atom stereocenters. The maximum atomic E-state index is 10.4. The molecule has 0 aromatic heterocycles. The smallest absolute Gasteiger partial charge is 0.303 e. The van der Waals surface area contributed by atoms with Crippen LogP contribution in [0.5, 0.6) is 0 Å². The van der Waals surface area contributed by atoms with Crippen molar-refractivity contribution in [2.75, 3.05) is 13.1 Å². The molecule has 1 saturated carbocycles. The standard InChI is InChI=1S/C15H29NO3/c1-14(2)7-9-15(19,10-8-14)12-16-11-5-3-4-6-13(17)18/h16,19H,3-12H2,1-2H3,(H,17,18). The van der Waals surface area contributed by atoms with Crippen LogP contribution in [-0.4, -0.2) is 34.9 Å². The summed E-state index contributed by atoms with van der Waals surface area (Å²) in [6.45, 7) is 6.07. The molecule has 0 aliphatic heterocycles. The third kappa shape index (κ3) is 6.92. The number of hydrogen-bond acceptors (Lipinski definition) is 3. The minimum absolute atomic E-state index is 0.263. The number of hydrogen-bond donors (Lipinski definition) is 3. The number of aliphatic carboxylic acids is 1. The largest absolute Gasteiger partial charge is 0.481 e. The number of rotatable bonds is 8. The molecule has 1 aliphatic rings. The fraction of sp³-hybridized carbons (Fsp3) is 0.933. The molecule has 0 amide bonds. The van der Waals surface area contributed by atoms with Gasteiger partial charge in [-0.3, -0.25) is 4.79 Å². The van der Waals surface area contributed by atoms with Crippen molar-refractivity contribution in [1.82, 2.24) is 5.32 Å². The quantitative estimate of drug-likeness (QED) is 0.593. The first-order valence-corrected chi connectivity index (χ1v) is 7.48. The molecule has 0 aromatic rings. The van der Waals surface area contributed by atoms with Gasteiger partial charge in [-0.2, -0.15) is 0 Å². The molecule has 0 unspecified atom stereocenters. The monoisotopic (exact) mass is 271 g/mol. The Hall–Kier alpha value is -0.610. The first-order valence-electron chi connectivity index (χ1n) is 7.48. The zero-order chi connectivity index (χ0) is 14.4. The lowest BCUT2D eigenvalue weighted by molar-refractivity contribution is -0.137. The van der Waals surface area contributed by atoms with E-state index in [1.165, 1.54) is 0 Å². The SMILES string of the molecule is CC1(C)CCC(O)(CNCCCCCC(=O)O)CC1. The molecule has 0 heterocycles. The van der Waals surface area contributed by atoms with E-state index in [0.717, 1.165) is 51.5 Å². The molecule has 0 radical (unpaired) electrons. The molecule has 3 N–H and O–H groups in total. The molecule has 0 spiro atoms. The predicted octanol–water partition coefficient (Wildman–Crippen LogP) is 2.55. The van der Waals surface area contributed by atoms with Crippen LogP contribution in [0.2, 0.25) is 0 Å². The van der Waals surface area contributed by atoms with Crippen LogP contribution >= 0.6 is 0 Å². The van der Waals surface area contributed by atoms with Crippen molar-refractivity contribution in [2.45, 2.75) is 70.8 Å². The second-order valence-electron chi connectivity index (χ2n) is 6.77. The van der Waals surface area contributed by atoms with Crippen LogP contribution in [0.25, 0.3) is 0 Å². The molecular weight excluding hydrogens is 242 g/mol. The molecule has 0 aromatic carbocycles. The highest BCUT2D eigenvalue weighted by Crippen LogP contribution is 2.39. The normalized spacial score (nSPS) is 21.2. The van der Waals surface area contributed by atoms with Gasteiger partial charge in [-0.25, -0.2) is 0 Å². The summed E-state index contributed by atoms with van der Waals surface area (Å²) in [6, 6.07) is 0. The Labute approximate surface area is 116 Å². The van der Waals surface area contributed by atoms with Gasteiger partial charge >= 0.3 is 5.97 Å². The van der Waals surface area contributed by atoms with Crippen LogP contribution in [0.1, 0.15) is 65.2 Å². The number of carboxylic acids is 1. The fourth-order valence-electron chi connectivity index (χ4n) is 2.59. The van der Waals surface area contributed by atoms with Crippen LogP contribution in [0.4, 0.5) is 0 Å². The zero-order valence-corrected chi connectivity index (χ0v) is 12.4. The molecule has 4 nitrogen and oxygen atoms in total. The summed E-state index contributed by atoms with van der Waals surface area (Å²) in [7, 11) is 0. The van der Waals surface area contributed by atoms with E-state index in [1.807, 2.05) is 0 Å². The maximum absolute atomic E-state index is 10.4. The molecular formula is C15H29NO3. The lowest BCUT2D eigenvalue weighted by Gasteiger charge is -2.40. The Morgan fingerprint density at radius 2 is 1.74 bits per heavy atom. The Balaban J connectivity index is 2.04. The van der Waals surface area contributed by atoms with Gasteiger partial charge in [-0.05, 0) is 50.5 Å². The Bertz CT molecular complexity index is 279. The van der Waals surface area contributed by atoms with Crippen molar-refractivity contribution in [3.8, 4) is 0 Å². The van der Waals surface area contributed by atoms with E-state index in [-0.39, 0.29) is 6.42 Å². The first kappa shape index (κ1) is 16.4. The van der Waals surface area contributed by atoms with Gasteiger partial charge in [-0.15, -0.1) is 0 Å². The fourth-order valence-corrected chi connectivity index (χ4v) is 2.59. The minimum atomic E-state index is -0.716. The molecule has 1 aliphatic carbocycles. The van der Waals surface area contributed by atoms with E-state index in [2.05, 4.69) is 19.2 Å². The number of carboxylic acid groups (broad SMARTS) is 1. The summed E-state index contributed by atoms with van der Waals surface area (Å²) in [5.74, 6) is -0.716. The number of carbonyl (C=O) groups is 1. The lowest BCUT2D eigenvalue weighted by atomic mass is 9.71. The first-order chi connectivity index (χ1) is 8.83. The highest BCUT2D eigenvalue weighted by atomic mass is 16.4. The average Bonchev–Trinajstić information content (AvgIpc) is 2.32. The van der Waals surface area contributed by atoms with Gasteiger partial charge in [0.25, 0.3) is 0 Å². The van der Waals surface area contributed by atoms with Crippen molar-refractivity contribution in [3.05, 3.63) is 0 Å². The summed E-state index contributed by atoms with van der Waals surface area (Å²) in [5, 5.41) is 22.3. The zero-order valence-electron chi connectivity index (χ0n) is 12.4. The van der Waals surface area contributed by atoms with Crippen molar-refractivity contribution < 1.29 is 15.0 Å². The van der Waals surface area contributed by atoms with Crippen LogP contribution in [-0.2, 0) is 4.79 Å². The molecule has 4 heteroatoms.